The van der Waals surface area contributed by atoms with Gasteiger partial charge in [0.15, 0.2) is 11.9 Å². The summed E-state index contributed by atoms with van der Waals surface area (Å²) in [4.78, 5) is 24.6. The molecule has 0 fully saturated rings. The molecule has 4 heteroatoms. The first-order valence-corrected chi connectivity index (χ1v) is 7.33. The van der Waals surface area contributed by atoms with Crippen molar-refractivity contribution in [3.8, 4) is 0 Å². The van der Waals surface area contributed by atoms with Crippen LogP contribution in [0.1, 0.15) is 22.3 Å². The second-order valence-corrected chi connectivity index (χ2v) is 5.20. The maximum atomic E-state index is 12.8. The molecule has 0 saturated carbocycles. The zero-order chi connectivity index (χ0) is 16.2. The Morgan fingerprint density at radius 1 is 1.00 bits per heavy atom. The zero-order valence-electron chi connectivity index (χ0n) is 12.7. The Labute approximate surface area is 134 Å². The number of carbonyl (C=O) groups excluding carboxylic acids is 2. The van der Waals surface area contributed by atoms with Crippen molar-refractivity contribution in [1.82, 2.24) is 0 Å². The van der Waals surface area contributed by atoms with Crippen LogP contribution in [0.5, 0.6) is 0 Å². The van der Waals surface area contributed by atoms with Crippen molar-refractivity contribution in [2.45, 2.75) is 12.5 Å². The van der Waals surface area contributed by atoms with E-state index in [1.165, 1.54) is 7.11 Å². The van der Waals surface area contributed by atoms with E-state index in [4.69, 9.17) is 9.47 Å². The molecule has 2 aromatic carbocycles. The van der Waals surface area contributed by atoms with E-state index in [9.17, 15) is 9.59 Å². The van der Waals surface area contributed by atoms with Crippen LogP contribution in [0.2, 0.25) is 0 Å². The van der Waals surface area contributed by atoms with Crippen LogP contribution in [0.15, 0.2) is 66.4 Å². The van der Waals surface area contributed by atoms with Gasteiger partial charge in [0.05, 0.1) is 7.11 Å². The Morgan fingerprint density at radius 2 is 1.61 bits per heavy atom. The third-order valence-electron chi connectivity index (χ3n) is 3.75. The maximum Gasteiger partial charge on any atom is 0.347 e. The molecule has 4 nitrogen and oxygen atoms in total. The molecule has 116 valence electrons. The van der Waals surface area contributed by atoms with E-state index < -0.39 is 12.1 Å². The summed E-state index contributed by atoms with van der Waals surface area (Å²) in [7, 11) is 1.31. The second-order valence-electron chi connectivity index (χ2n) is 5.20. The van der Waals surface area contributed by atoms with E-state index in [-0.39, 0.29) is 11.5 Å². The Kier molecular flexibility index (Phi) is 4.24. The number of ether oxygens (including phenoxy) is 2. The first-order valence-electron chi connectivity index (χ1n) is 7.33. The maximum absolute atomic E-state index is 12.8. The van der Waals surface area contributed by atoms with Crippen LogP contribution < -0.4 is 0 Å². The molecule has 0 aliphatic carbocycles. The predicted molar refractivity (Wildman–Crippen MR) is 85.6 cm³/mol. The fourth-order valence-electron chi connectivity index (χ4n) is 2.60. The normalized spacial score (nSPS) is 16.8. The van der Waals surface area contributed by atoms with Gasteiger partial charge in [0, 0.05) is 17.6 Å². The van der Waals surface area contributed by atoms with Crippen LogP contribution in [-0.2, 0) is 14.3 Å². The number of allylic oxidation sites excluding steroid dienone is 1. The lowest BCUT2D eigenvalue weighted by molar-refractivity contribution is -0.150. The van der Waals surface area contributed by atoms with Gasteiger partial charge in [-0.25, -0.2) is 4.79 Å². The van der Waals surface area contributed by atoms with Crippen LogP contribution in [0.4, 0.5) is 0 Å². The number of carbonyl (C=O) groups is 2. The molecule has 0 bridgehead atoms. The molecule has 0 radical (unpaired) electrons. The molecule has 0 N–H and O–H groups in total. The van der Waals surface area contributed by atoms with Crippen LogP contribution in [0, 0.1) is 0 Å². The molecule has 23 heavy (non-hydrogen) atoms. The first-order chi connectivity index (χ1) is 11.2. The van der Waals surface area contributed by atoms with Gasteiger partial charge in [-0.2, -0.15) is 0 Å². The summed E-state index contributed by atoms with van der Waals surface area (Å²) in [5.74, 6) is -0.483. The second kappa shape index (κ2) is 6.48. The fourth-order valence-corrected chi connectivity index (χ4v) is 2.60. The predicted octanol–water partition coefficient (Wildman–Crippen LogP) is 3.24. The van der Waals surface area contributed by atoms with Crippen molar-refractivity contribution >= 4 is 17.3 Å². The third-order valence-corrected chi connectivity index (χ3v) is 3.75. The van der Waals surface area contributed by atoms with E-state index in [1.54, 1.807) is 24.3 Å². The molecule has 0 saturated heterocycles. The highest BCUT2D eigenvalue weighted by Crippen LogP contribution is 2.35. The number of Topliss-reactive ketones (excluding diaryl/α,β-unsaturated/α-hetero) is 1. The van der Waals surface area contributed by atoms with Crippen molar-refractivity contribution in [2.24, 2.45) is 0 Å². The van der Waals surface area contributed by atoms with E-state index in [1.807, 2.05) is 36.4 Å². The minimum atomic E-state index is -0.780. The van der Waals surface area contributed by atoms with E-state index >= 15 is 0 Å². The summed E-state index contributed by atoms with van der Waals surface area (Å²) in [5, 5.41) is 0. The Morgan fingerprint density at radius 3 is 2.22 bits per heavy atom. The fraction of sp³-hybridized carbons (Fsp3) is 0.158. The molecular weight excluding hydrogens is 292 g/mol. The number of ketones is 1. The Hall–Kier alpha value is -2.88. The molecular formula is C19H16O4. The summed E-state index contributed by atoms with van der Waals surface area (Å²) in [5.41, 5.74) is 2.13. The number of rotatable bonds is 4. The SMILES string of the molecule is COC(=O)C1CC(c2ccccc2)=C(C(=O)c2ccccc2)O1. The van der Waals surface area contributed by atoms with Crippen molar-refractivity contribution in [3.05, 3.63) is 77.5 Å². The van der Waals surface area contributed by atoms with Crippen molar-refractivity contribution in [2.75, 3.05) is 7.11 Å². The molecule has 1 atom stereocenters. The topological polar surface area (TPSA) is 52.6 Å². The molecule has 1 aliphatic rings. The molecule has 0 spiro atoms. The van der Waals surface area contributed by atoms with Crippen LogP contribution in [0.25, 0.3) is 5.57 Å². The summed E-state index contributed by atoms with van der Waals surface area (Å²) in [6.07, 6.45) is -0.456. The molecule has 0 aromatic heterocycles. The van der Waals surface area contributed by atoms with Crippen LogP contribution >= 0.6 is 0 Å². The van der Waals surface area contributed by atoms with E-state index in [0.717, 1.165) is 11.1 Å². The van der Waals surface area contributed by atoms with Gasteiger partial charge in [-0.05, 0) is 5.56 Å². The summed E-state index contributed by atoms with van der Waals surface area (Å²) >= 11 is 0. The Bertz CT molecular complexity index is 747. The number of hydrogen-bond donors (Lipinski definition) is 0. The summed E-state index contributed by atoms with van der Waals surface area (Å²) in [6, 6.07) is 18.4. The molecule has 1 unspecified atom stereocenters. The van der Waals surface area contributed by atoms with Gasteiger partial charge in [0.25, 0.3) is 0 Å². The van der Waals surface area contributed by atoms with Gasteiger partial charge in [0.1, 0.15) is 0 Å². The quantitative estimate of drug-likeness (QED) is 0.643. The number of benzene rings is 2. The molecule has 3 rings (SSSR count). The largest absolute Gasteiger partial charge is 0.474 e. The number of esters is 1. The van der Waals surface area contributed by atoms with Gasteiger partial charge in [0.2, 0.25) is 5.78 Å². The lowest BCUT2D eigenvalue weighted by Crippen LogP contribution is -2.22. The van der Waals surface area contributed by atoms with Gasteiger partial charge >= 0.3 is 5.97 Å². The third kappa shape index (κ3) is 3.01. The summed E-state index contributed by atoms with van der Waals surface area (Å²) < 4.78 is 10.4. The minimum absolute atomic E-state index is 0.220. The van der Waals surface area contributed by atoms with Crippen molar-refractivity contribution in [1.29, 1.82) is 0 Å². The Balaban J connectivity index is 2.01. The highest BCUT2D eigenvalue weighted by molar-refractivity contribution is 6.12. The minimum Gasteiger partial charge on any atom is -0.474 e. The average Bonchev–Trinajstić information content (AvgIpc) is 3.07. The highest BCUT2D eigenvalue weighted by atomic mass is 16.6. The van der Waals surface area contributed by atoms with Gasteiger partial charge in [-0.3, -0.25) is 4.79 Å². The van der Waals surface area contributed by atoms with Crippen LogP contribution in [-0.4, -0.2) is 25.0 Å². The van der Waals surface area contributed by atoms with Gasteiger partial charge in [-0.15, -0.1) is 0 Å². The number of hydrogen-bond acceptors (Lipinski definition) is 4. The zero-order valence-corrected chi connectivity index (χ0v) is 12.7. The molecule has 1 aliphatic heterocycles. The monoisotopic (exact) mass is 308 g/mol. The number of methoxy groups -OCH3 is 1. The van der Waals surface area contributed by atoms with Crippen LogP contribution in [0.3, 0.4) is 0 Å². The van der Waals surface area contributed by atoms with E-state index in [2.05, 4.69) is 0 Å². The first kappa shape index (κ1) is 15.0. The standard InChI is InChI=1S/C19H16O4/c1-22-19(21)16-12-15(13-8-4-2-5-9-13)18(23-16)17(20)14-10-6-3-7-11-14/h2-11,16H,12H2,1H3. The summed E-state index contributed by atoms with van der Waals surface area (Å²) in [6.45, 7) is 0. The molecule has 0 amide bonds. The van der Waals surface area contributed by atoms with Gasteiger partial charge < -0.3 is 9.47 Å². The van der Waals surface area contributed by atoms with E-state index in [0.29, 0.717) is 12.0 Å². The van der Waals surface area contributed by atoms with Crippen molar-refractivity contribution in [3.63, 3.8) is 0 Å². The average molecular weight is 308 g/mol. The lowest BCUT2D eigenvalue weighted by Gasteiger charge is -2.09. The highest BCUT2D eigenvalue weighted by Gasteiger charge is 2.36. The molecule has 2 aromatic rings. The van der Waals surface area contributed by atoms with Gasteiger partial charge in [-0.1, -0.05) is 60.7 Å². The smallest absolute Gasteiger partial charge is 0.347 e. The lowest BCUT2D eigenvalue weighted by atomic mass is 9.98. The molecule has 1 heterocycles. The van der Waals surface area contributed by atoms with Crippen molar-refractivity contribution < 1.29 is 19.1 Å².